The maximum Gasteiger partial charge on any atom is 0.239 e. The van der Waals surface area contributed by atoms with E-state index < -0.39 is 0 Å². The summed E-state index contributed by atoms with van der Waals surface area (Å²) >= 11 is 1.50. The van der Waals surface area contributed by atoms with Crippen molar-refractivity contribution in [2.75, 3.05) is 38.0 Å². The summed E-state index contributed by atoms with van der Waals surface area (Å²) in [4.78, 5) is 35.7. The van der Waals surface area contributed by atoms with Crippen molar-refractivity contribution in [1.82, 2.24) is 29.7 Å². The average molecular weight is 464 g/mol. The Labute approximate surface area is 198 Å². The SMILES string of the molecule is O=C(CN1CCC(N2CCCCC2)CC1)Nc1cc(-c2nccs2)nc(-c2ccccn2)n1. The van der Waals surface area contributed by atoms with Crippen LogP contribution in [0.2, 0.25) is 0 Å². The van der Waals surface area contributed by atoms with Gasteiger partial charge in [-0.3, -0.25) is 14.7 Å². The van der Waals surface area contributed by atoms with Crippen molar-refractivity contribution in [2.45, 2.75) is 38.1 Å². The van der Waals surface area contributed by atoms with E-state index in [1.165, 1.54) is 43.7 Å². The number of anilines is 1. The van der Waals surface area contributed by atoms with E-state index in [9.17, 15) is 4.79 Å². The molecule has 0 unspecified atom stereocenters. The van der Waals surface area contributed by atoms with E-state index >= 15 is 0 Å². The number of thiazole rings is 1. The summed E-state index contributed by atoms with van der Waals surface area (Å²) in [6.45, 7) is 4.77. The summed E-state index contributed by atoms with van der Waals surface area (Å²) in [5, 5.41) is 5.67. The van der Waals surface area contributed by atoms with Gasteiger partial charge in [-0.25, -0.2) is 15.0 Å². The van der Waals surface area contributed by atoms with Crippen LogP contribution in [0.15, 0.2) is 42.0 Å². The first-order valence-electron chi connectivity index (χ1n) is 11.7. The van der Waals surface area contributed by atoms with Gasteiger partial charge in [0.25, 0.3) is 0 Å². The molecule has 8 nitrogen and oxygen atoms in total. The molecule has 0 atom stereocenters. The summed E-state index contributed by atoms with van der Waals surface area (Å²) in [5.41, 5.74) is 1.34. The number of pyridine rings is 1. The third-order valence-corrected chi connectivity index (χ3v) is 7.17. The number of nitrogens with one attached hydrogen (secondary N) is 1. The van der Waals surface area contributed by atoms with Crippen molar-refractivity contribution in [3.63, 3.8) is 0 Å². The Bertz CT molecular complexity index is 1050. The number of rotatable bonds is 6. The van der Waals surface area contributed by atoms with Gasteiger partial charge in [-0.2, -0.15) is 0 Å². The van der Waals surface area contributed by atoms with E-state index in [2.05, 4.69) is 35.1 Å². The van der Waals surface area contributed by atoms with E-state index in [1.807, 2.05) is 23.6 Å². The quantitative estimate of drug-likeness (QED) is 0.598. The number of nitrogens with zero attached hydrogens (tertiary/aromatic N) is 6. The molecule has 172 valence electrons. The number of carbonyl (C=O) groups excluding carboxylic acids is 1. The highest BCUT2D eigenvalue weighted by Gasteiger charge is 2.26. The van der Waals surface area contributed by atoms with E-state index in [1.54, 1.807) is 18.5 Å². The molecule has 0 aromatic carbocycles. The molecule has 33 heavy (non-hydrogen) atoms. The molecule has 0 bridgehead atoms. The van der Waals surface area contributed by atoms with Gasteiger partial charge in [-0.15, -0.1) is 11.3 Å². The molecule has 0 saturated carbocycles. The van der Waals surface area contributed by atoms with E-state index in [4.69, 9.17) is 0 Å². The first kappa shape index (κ1) is 22.1. The van der Waals surface area contributed by atoms with Crippen LogP contribution in [-0.2, 0) is 4.79 Å². The van der Waals surface area contributed by atoms with Crippen molar-refractivity contribution < 1.29 is 4.79 Å². The smallest absolute Gasteiger partial charge is 0.239 e. The van der Waals surface area contributed by atoms with Gasteiger partial charge in [0.2, 0.25) is 5.91 Å². The van der Waals surface area contributed by atoms with Gasteiger partial charge in [-0.05, 0) is 50.9 Å². The fourth-order valence-electron chi connectivity index (χ4n) is 4.69. The van der Waals surface area contributed by atoms with E-state index in [0.29, 0.717) is 35.6 Å². The molecular weight excluding hydrogens is 434 g/mol. The number of carbonyl (C=O) groups is 1. The molecule has 2 aliphatic heterocycles. The number of hydrogen-bond acceptors (Lipinski definition) is 8. The second-order valence-electron chi connectivity index (χ2n) is 8.67. The highest BCUT2D eigenvalue weighted by atomic mass is 32.1. The van der Waals surface area contributed by atoms with Crippen LogP contribution < -0.4 is 5.32 Å². The number of hydrogen-bond donors (Lipinski definition) is 1. The van der Waals surface area contributed by atoms with Gasteiger partial charge in [0.05, 0.1) is 6.54 Å². The van der Waals surface area contributed by atoms with Crippen molar-refractivity contribution in [1.29, 1.82) is 0 Å². The normalized spacial score (nSPS) is 18.3. The van der Waals surface area contributed by atoms with Crippen LogP contribution in [0.4, 0.5) is 5.82 Å². The fraction of sp³-hybridized carbons (Fsp3) is 0.458. The first-order chi connectivity index (χ1) is 16.2. The van der Waals surface area contributed by atoms with Gasteiger partial charge in [-0.1, -0.05) is 12.5 Å². The molecule has 0 aliphatic carbocycles. The molecule has 2 aliphatic rings. The zero-order valence-corrected chi connectivity index (χ0v) is 19.5. The van der Waals surface area contributed by atoms with Gasteiger partial charge in [0, 0.05) is 43.0 Å². The summed E-state index contributed by atoms with van der Waals surface area (Å²) in [6.07, 6.45) is 9.74. The molecule has 1 N–H and O–H groups in total. The number of aromatic nitrogens is 4. The first-order valence-corrected chi connectivity index (χ1v) is 12.6. The van der Waals surface area contributed by atoms with Crippen molar-refractivity contribution in [3.05, 3.63) is 42.0 Å². The molecule has 9 heteroatoms. The predicted molar refractivity (Wildman–Crippen MR) is 130 cm³/mol. The fourth-order valence-corrected chi connectivity index (χ4v) is 5.29. The van der Waals surface area contributed by atoms with Crippen molar-refractivity contribution >= 4 is 23.1 Å². The highest BCUT2D eigenvalue weighted by Crippen LogP contribution is 2.25. The van der Waals surface area contributed by atoms with Crippen LogP contribution in [-0.4, -0.2) is 74.4 Å². The second-order valence-corrected chi connectivity index (χ2v) is 9.56. The van der Waals surface area contributed by atoms with Gasteiger partial charge < -0.3 is 10.2 Å². The second kappa shape index (κ2) is 10.5. The summed E-state index contributed by atoms with van der Waals surface area (Å²) in [7, 11) is 0. The molecule has 5 rings (SSSR count). The van der Waals surface area contributed by atoms with Crippen LogP contribution in [0.25, 0.3) is 22.2 Å². The minimum Gasteiger partial charge on any atom is -0.309 e. The average Bonchev–Trinajstić information content (AvgIpc) is 3.41. The van der Waals surface area contributed by atoms with E-state index in [0.717, 1.165) is 30.9 Å². The van der Waals surface area contributed by atoms with Crippen molar-refractivity contribution in [2.24, 2.45) is 0 Å². The van der Waals surface area contributed by atoms with Gasteiger partial charge in [0.15, 0.2) is 5.82 Å². The highest BCUT2D eigenvalue weighted by molar-refractivity contribution is 7.13. The molecule has 3 aromatic heterocycles. The van der Waals surface area contributed by atoms with Crippen LogP contribution in [0.1, 0.15) is 32.1 Å². The maximum absolute atomic E-state index is 12.9. The lowest BCUT2D eigenvalue weighted by Crippen LogP contribution is -2.48. The van der Waals surface area contributed by atoms with Gasteiger partial charge >= 0.3 is 0 Å². The molecule has 2 fully saturated rings. The lowest BCUT2D eigenvalue weighted by molar-refractivity contribution is -0.117. The minimum absolute atomic E-state index is 0.0535. The third kappa shape index (κ3) is 5.61. The number of amides is 1. The summed E-state index contributed by atoms with van der Waals surface area (Å²) < 4.78 is 0. The molecule has 0 radical (unpaired) electrons. The Morgan fingerprint density at radius 2 is 1.85 bits per heavy atom. The Morgan fingerprint density at radius 1 is 1.00 bits per heavy atom. The van der Waals surface area contributed by atoms with Crippen molar-refractivity contribution in [3.8, 4) is 22.2 Å². The maximum atomic E-state index is 12.9. The van der Waals surface area contributed by atoms with Crippen LogP contribution in [0.3, 0.4) is 0 Å². The lowest BCUT2D eigenvalue weighted by atomic mass is 10.00. The lowest BCUT2D eigenvalue weighted by Gasteiger charge is -2.40. The predicted octanol–water partition coefficient (Wildman–Crippen LogP) is 3.55. The molecule has 3 aromatic rings. The zero-order valence-electron chi connectivity index (χ0n) is 18.7. The monoisotopic (exact) mass is 463 g/mol. The molecule has 5 heterocycles. The molecule has 0 spiro atoms. The van der Waals surface area contributed by atoms with E-state index in [-0.39, 0.29) is 5.91 Å². The third-order valence-electron chi connectivity index (χ3n) is 6.37. The van der Waals surface area contributed by atoms with Gasteiger partial charge in [0.1, 0.15) is 22.2 Å². The molecule has 1 amide bonds. The van der Waals surface area contributed by atoms with Crippen LogP contribution in [0.5, 0.6) is 0 Å². The Balaban J connectivity index is 1.24. The van der Waals surface area contributed by atoms with Crippen LogP contribution in [0, 0.1) is 0 Å². The molecule has 2 saturated heterocycles. The minimum atomic E-state index is -0.0535. The Hall–Kier alpha value is -2.75. The summed E-state index contributed by atoms with van der Waals surface area (Å²) in [6, 6.07) is 8.07. The topological polar surface area (TPSA) is 87.1 Å². The zero-order chi connectivity index (χ0) is 22.5. The Kier molecular flexibility index (Phi) is 6.99. The summed E-state index contributed by atoms with van der Waals surface area (Å²) in [5.74, 6) is 0.896. The standard InChI is InChI=1S/C24H29N7OS/c32-22(17-30-13-7-18(8-14-30)31-11-4-1-5-12-31)28-21-16-20(24-26-10-15-33-24)27-23(29-21)19-6-2-3-9-25-19/h2-3,6,9-10,15-16,18H,1,4-5,7-8,11-14,17H2,(H,27,28,29,32). The Morgan fingerprint density at radius 3 is 2.58 bits per heavy atom. The van der Waals surface area contributed by atoms with Crippen LogP contribution >= 0.6 is 11.3 Å². The molecular formula is C24H29N7OS. The number of piperidine rings is 2. The largest absolute Gasteiger partial charge is 0.309 e. The number of likely N-dealkylation sites (tertiary alicyclic amines) is 2.